The van der Waals surface area contributed by atoms with E-state index in [1.54, 1.807) is 24.4 Å². The van der Waals surface area contributed by atoms with E-state index in [1.807, 2.05) is 18.2 Å². The van der Waals surface area contributed by atoms with Crippen molar-refractivity contribution in [2.75, 3.05) is 5.32 Å². The predicted molar refractivity (Wildman–Crippen MR) is 96.0 cm³/mol. The average Bonchev–Trinajstić information content (AvgIpc) is 2.64. The number of carboxylic acid groups (broad SMARTS) is 1. The number of pyridine rings is 1. The molecule has 0 atom stereocenters. The van der Waals surface area contributed by atoms with Crippen molar-refractivity contribution in [3.63, 3.8) is 0 Å². The number of nitrogens with one attached hydrogen (secondary N) is 1. The molecule has 0 saturated carbocycles. The van der Waals surface area contributed by atoms with Crippen molar-refractivity contribution < 1.29 is 14.7 Å². The number of hydrogen-bond donors (Lipinski definition) is 2. The van der Waals surface area contributed by atoms with Gasteiger partial charge in [0.15, 0.2) is 0 Å². The van der Waals surface area contributed by atoms with Gasteiger partial charge in [-0.1, -0.05) is 17.7 Å². The number of aromatic nitrogens is 1. The highest BCUT2D eigenvalue weighted by Gasteiger charge is 2.11. The molecule has 124 valence electrons. The van der Waals surface area contributed by atoms with E-state index in [4.69, 9.17) is 16.7 Å². The first-order chi connectivity index (χ1) is 12.0. The summed E-state index contributed by atoms with van der Waals surface area (Å²) in [5, 5.41) is 12.2. The van der Waals surface area contributed by atoms with E-state index in [9.17, 15) is 9.59 Å². The Kier molecular flexibility index (Phi) is 4.77. The Morgan fingerprint density at radius 2 is 1.68 bits per heavy atom. The van der Waals surface area contributed by atoms with Crippen LogP contribution in [0.25, 0.3) is 11.3 Å². The largest absolute Gasteiger partial charge is 0.478 e. The second kappa shape index (κ2) is 7.15. The van der Waals surface area contributed by atoms with Gasteiger partial charge in [0.25, 0.3) is 5.91 Å². The van der Waals surface area contributed by atoms with Gasteiger partial charge in [-0.15, -0.1) is 0 Å². The van der Waals surface area contributed by atoms with Crippen molar-refractivity contribution >= 4 is 29.2 Å². The lowest BCUT2D eigenvalue weighted by Crippen LogP contribution is -2.12. The number of benzene rings is 2. The lowest BCUT2D eigenvalue weighted by atomic mass is 10.1. The molecule has 0 aliphatic carbocycles. The summed E-state index contributed by atoms with van der Waals surface area (Å²) in [5.74, 6) is -1.38. The van der Waals surface area contributed by atoms with Crippen LogP contribution in [-0.4, -0.2) is 22.0 Å². The summed E-state index contributed by atoms with van der Waals surface area (Å²) in [4.78, 5) is 27.4. The van der Waals surface area contributed by atoms with Gasteiger partial charge >= 0.3 is 5.97 Å². The minimum atomic E-state index is -1.04. The summed E-state index contributed by atoms with van der Waals surface area (Å²) in [7, 11) is 0. The molecule has 2 N–H and O–H groups in total. The number of hydrogen-bond acceptors (Lipinski definition) is 3. The Morgan fingerprint density at radius 3 is 2.32 bits per heavy atom. The average molecular weight is 353 g/mol. The zero-order valence-corrected chi connectivity index (χ0v) is 13.7. The maximum atomic E-state index is 12.3. The molecule has 0 aliphatic rings. The Balaban J connectivity index is 1.83. The third-order valence-corrected chi connectivity index (χ3v) is 3.89. The first-order valence-electron chi connectivity index (χ1n) is 7.40. The van der Waals surface area contributed by atoms with E-state index in [2.05, 4.69) is 10.3 Å². The standard InChI is InChI=1S/C19H13ClN2O3/c20-16-9-8-14(11-15(16)17-3-1-2-10-21-17)22-18(23)12-4-6-13(7-5-12)19(24)25/h1-11H,(H,22,23)(H,24,25). The van der Waals surface area contributed by atoms with Crippen LogP contribution in [0.15, 0.2) is 66.9 Å². The number of rotatable bonds is 4. The number of amides is 1. The highest BCUT2D eigenvalue weighted by molar-refractivity contribution is 6.33. The van der Waals surface area contributed by atoms with Crippen molar-refractivity contribution in [2.45, 2.75) is 0 Å². The minimum absolute atomic E-state index is 0.125. The van der Waals surface area contributed by atoms with E-state index >= 15 is 0 Å². The van der Waals surface area contributed by atoms with Crippen LogP contribution in [-0.2, 0) is 0 Å². The van der Waals surface area contributed by atoms with Crippen LogP contribution >= 0.6 is 11.6 Å². The number of carboxylic acids is 1. The molecule has 0 saturated heterocycles. The third kappa shape index (κ3) is 3.84. The molecule has 0 unspecified atom stereocenters. The fourth-order valence-electron chi connectivity index (χ4n) is 2.29. The van der Waals surface area contributed by atoms with Crippen LogP contribution in [0.4, 0.5) is 5.69 Å². The van der Waals surface area contributed by atoms with Crippen LogP contribution in [0.3, 0.4) is 0 Å². The molecule has 0 bridgehead atoms. The molecule has 0 spiro atoms. The number of nitrogens with zero attached hydrogens (tertiary/aromatic N) is 1. The van der Waals surface area contributed by atoms with Crippen LogP contribution in [0.2, 0.25) is 5.02 Å². The summed E-state index contributed by atoms with van der Waals surface area (Å²) in [6.07, 6.45) is 1.67. The fourth-order valence-corrected chi connectivity index (χ4v) is 2.50. The lowest BCUT2D eigenvalue weighted by molar-refractivity contribution is 0.0696. The summed E-state index contributed by atoms with van der Waals surface area (Å²) >= 11 is 6.22. The quantitative estimate of drug-likeness (QED) is 0.731. The Morgan fingerprint density at radius 1 is 0.960 bits per heavy atom. The molecule has 3 aromatic rings. The molecule has 25 heavy (non-hydrogen) atoms. The molecule has 1 heterocycles. The molecule has 0 radical (unpaired) electrons. The molecular formula is C19H13ClN2O3. The molecule has 6 heteroatoms. The molecule has 2 aromatic carbocycles. The summed E-state index contributed by atoms with van der Waals surface area (Å²) in [6, 6.07) is 16.3. The maximum absolute atomic E-state index is 12.3. The van der Waals surface area contributed by atoms with E-state index in [0.717, 1.165) is 0 Å². The molecule has 0 fully saturated rings. The third-order valence-electron chi connectivity index (χ3n) is 3.56. The number of carbonyl (C=O) groups excluding carboxylic acids is 1. The molecular weight excluding hydrogens is 340 g/mol. The zero-order chi connectivity index (χ0) is 17.8. The summed E-state index contributed by atoms with van der Waals surface area (Å²) in [5.41, 5.74) is 2.47. The van der Waals surface area contributed by atoms with Crippen molar-refractivity contribution in [1.82, 2.24) is 4.98 Å². The monoisotopic (exact) mass is 352 g/mol. The highest BCUT2D eigenvalue weighted by Crippen LogP contribution is 2.29. The molecule has 0 aliphatic heterocycles. The first kappa shape index (κ1) is 16.7. The number of anilines is 1. The van der Waals surface area contributed by atoms with Crippen molar-refractivity contribution in [2.24, 2.45) is 0 Å². The van der Waals surface area contributed by atoms with E-state index in [0.29, 0.717) is 27.5 Å². The molecule has 5 nitrogen and oxygen atoms in total. The van der Waals surface area contributed by atoms with Crippen molar-refractivity contribution in [3.8, 4) is 11.3 Å². The van der Waals surface area contributed by atoms with Gasteiger partial charge in [-0.25, -0.2) is 4.79 Å². The van der Waals surface area contributed by atoms with Crippen molar-refractivity contribution in [3.05, 3.63) is 83.0 Å². The van der Waals surface area contributed by atoms with Crippen molar-refractivity contribution in [1.29, 1.82) is 0 Å². The SMILES string of the molecule is O=C(O)c1ccc(C(=O)Nc2ccc(Cl)c(-c3ccccn3)c2)cc1. The second-order valence-electron chi connectivity index (χ2n) is 5.25. The number of halogens is 1. The highest BCUT2D eigenvalue weighted by atomic mass is 35.5. The van der Waals surface area contributed by atoms with Gasteiger partial charge in [-0.2, -0.15) is 0 Å². The van der Waals surface area contributed by atoms with Crippen LogP contribution in [0.1, 0.15) is 20.7 Å². The Labute approximate surface area is 148 Å². The molecule has 1 amide bonds. The van der Waals surface area contributed by atoms with E-state index in [1.165, 1.54) is 24.3 Å². The van der Waals surface area contributed by atoms with Crippen LogP contribution < -0.4 is 5.32 Å². The van der Waals surface area contributed by atoms with Gasteiger partial charge in [0.05, 0.1) is 16.3 Å². The van der Waals surface area contributed by atoms with Gasteiger partial charge in [-0.3, -0.25) is 9.78 Å². The summed E-state index contributed by atoms with van der Waals surface area (Å²) in [6.45, 7) is 0. The Bertz CT molecular complexity index is 925. The number of carbonyl (C=O) groups is 2. The summed E-state index contributed by atoms with van der Waals surface area (Å²) < 4.78 is 0. The molecule has 1 aromatic heterocycles. The predicted octanol–water partition coefficient (Wildman–Crippen LogP) is 4.35. The minimum Gasteiger partial charge on any atom is -0.478 e. The van der Waals surface area contributed by atoms with Gasteiger partial charge in [0, 0.05) is 23.0 Å². The smallest absolute Gasteiger partial charge is 0.335 e. The van der Waals surface area contributed by atoms with Crippen LogP contribution in [0, 0.1) is 0 Å². The lowest BCUT2D eigenvalue weighted by Gasteiger charge is -2.09. The van der Waals surface area contributed by atoms with Gasteiger partial charge in [0.1, 0.15) is 0 Å². The van der Waals surface area contributed by atoms with E-state index < -0.39 is 5.97 Å². The maximum Gasteiger partial charge on any atom is 0.335 e. The second-order valence-corrected chi connectivity index (χ2v) is 5.65. The van der Waals surface area contributed by atoms with E-state index in [-0.39, 0.29) is 11.5 Å². The molecule has 3 rings (SSSR count). The topological polar surface area (TPSA) is 79.3 Å². The first-order valence-corrected chi connectivity index (χ1v) is 7.78. The normalized spacial score (nSPS) is 10.3. The fraction of sp³-hybridized carbons (Fsp3) is 0. The van der Waals surface area contributed by atoms with Gasteiger partial charge in [-0.05, 0) is 54.6 Å². The van der Waals surface area contributed by atoms with Gasteiger partial charge in [0.2, 0.25) is 0 Å². The van der Waals surface area contributed by atoms with Crippen LogP contribution in [0.5, 0.6) is 0 Å². The Hall–Kier alpha value is -3.18. The van der Waals surface area contributed by atoms with Gasteiger partial charge < -0.3 is 10.4 Å². The zero-order valence-electron chi connectivity index (χ0n) is 12.9. The number of aromatic carboxylic acids is 1.